The number of rotatable bonds is 10. The van der Waals surface area contributed by atoms with Gasteiger partial charge in [-0.1, -0.05) is 60.7 Å². The van der Waals surface area contributed by atoms with E-state index in [4.69, 9.17) is 9.47 Å². The molecule has 0 aliphatic carbocycles. The number of aromatic nitrogens is 2. The van der Waals surface area contributed by atoms with Crippen LogP contribution in [0.4, 0.5) is 0 Å². The molecule has 25 heavy (non-hydrogen) atoms. The number of imidazole rings is 1. The Morgan fingerprint density at radius 2 is 1.56 bits per heavy atom. The van der Waals surface area contributed by atoms with Gasteiger partial charge >= 0.3 is 0 Å². The van der Waals surface area contributed by atoms with Crippen molar-refractivity contribution in [1.82, 2.24) is 4.57 Å². The SMILES string of the molecule is c1ccc(CCCOCn2cc[n+](COCc3ccccc3)c2)cc1. The predicted molar refractivity (Wildman–Crippen MR) is 96.6 cm³/mol. The first-order valence-electron chi connectivity index (χ1n) is 8.68. The number of hydrogen-bond acceptors (Lipinski definition) is 2. The molecule has 0 N–H and O–H groups in total. The molecule has 0 spiro atoms. The molecule has 1 heterocycles. The summed E-state index contributed by atoms with van der Waals surface area (Å²) in [6, 6.07) is 20.7. The van der Waals surface area contributed by atoms with Crippen molar-refractivity contribution >= 4 is 0 Å². The van der Waals surface area contributed by atoms with E-state index in [-0.39, 0.29) is 0 Å². The molecular weight excluding hydrogens is 312 g/mol. The molecule has 0 unspecified atom stereocenters. The lowest BCUT2D eigenvalue weighted by Crippen LogP contribution is -2.32. The van der Waals surface area contributed by atoms with Crippen LogP contribution in [0.15, 0.2) is 79.4 Å². The van der Waals surface area contributed by atoms with Gasteiger partial charge in [0.05, 0.1) is 13.2 Å². The maximum absolute atomic E-state index is 5.74. The molecule has 0 aliphatic heterocycles. The number of ether oxygens (including phenoxy) is 2. The van der Waals surface area contributed by atoms with Crippen LogP contribution < -0.4 is 4.57 Å². The summed E-state index contributed by atoms with van der Waals surface area (Å²) in [4.78, 5) is 0. The summed E-state index contributed by atoms with van der Waals surface area (Å²) in [6.45, 7) is 2.49. The average molecular weight is 337 g/mol. The summed E-state index contributed by atoms with van der Waals surface area (Å²) in [5.74, 6) is 0. The van der Waals surface area contributed by atoms with Gasteiger partial charge in [-0.05, 0) is 24.0 Å². The standard InChI is InChI=1S/C21H25N2O2/c1-3-8-20(9-4-1)12-7-15-24-18-22-13-14-23(17-22)19-25-16-21-10-5-2-6-11-21/h1-6,8-11,13-14,17H,7,12,15-16,18-19H2/q+1. The Hall–Kier alpha value is -2.43. The number of aryl methyl sites for hydroxylation is 1. The van der Waals surface area contributed by atoms with Crippen LogP contribution in [0.3, 0.4) is 0 Å². The van der Waals surface area contributed by atoms with Gasteiger partial charge in [-0.2, -0.15) is 0 Å². The quantitative estimate of drug-likeness (QED) is 0.418. The van der Waals surface area contributed by atoms with Gasteiger partial charge in [-0.3, -0.25) is 0 Å². The molecule has 4 nitrogen and oxygen atoms in total. The molecule has 3 rings (SSSR count). The molecule has 0 bridgehead atoms. The van der Waals surface area contributed by atoms with Crippen LogP contribution in [0.2, 0.25) is 0 Å². The number of hydrogen-bond donors (Lipinski definition) is 0. The molecule has 0 saturated carbocycles. The van der Waals surface area contributed by atoms with E-state index in [0.29, 0.717) is 20.1 Å². The van der Waals surface area contributed by atoms with Crippen molar-refractivity contribution in [2.24, 2.45) is 0 Å². The van der Waals surface area contributed by atoms with E-state index < -0.39 is 0 Å². The van der Waals surface area contributed by atoms with E-state index in [1.54, 1.807) is 0 Å². The fourth-order valence-electron chi connectivity index (χ4n) is 2.63. The Kier molecular flexibility index (Phi) is 6.80. The molecule has 4 heteroatoms. The van der Waals surface area contributed by atoms with Gasteiger partial charge in [0.15, 0.2) is 13.5 Å². The summed E-state index contributed by atoms with van der Waals surface area (Å²) in [5, 5.41) is 0. The molecule has 130 valence electrons. The van der Waals surface area contributed by atoms with Crippen LogP contribution in [0.25, 0.3) is 0 Å². The topological polar surface area (TPSA) is 27.3 Å². The number of nitrogens with zero attached hydrogens (tertiary/aromatic N) is 2. The minimum absolute atomic E-state index is 0.538. The first-order valence-corrected chi connectivity index (χ1v) is 8.68. The molecule has 0 fully saturated rings. The zero-order chi connectivity index (χ0) is 17.2. The Labute approximate surface area is 149 Å². The van der Waals surface area contributed by atoms with Gasteiger partial charge in [0.2, 0.25) is 6.33 Å². The van der Waals surface area contributed by atoms with Gasteiger partial charge in [-0.15, -0.1) is 0 Å². The average Bonchev–Trinajstić information content (AvgIpc) is 3.11. The maximum Gasteiger partial charge on any atom is 0.247 e. The monoisotopic (exact) mass is 337 g/mol. The zero-order valence-corrected chi connectivity index (χ0v) is 14.5. The van der Waals surface area contributed by atoms with Gasteiger partial charge in [0.25, 0.3) is 0 Å². The minimum Gasteiger partial charge on any atom is -0.342 e. The third kappa shape index (κ3) is 6.18. The van der Waals surface area contributed by atoms with Crippen LogP contribution in [-0.4, -0.2) is 11.2 Å². The highest BCUT2D eigenvalue weighted by Gasteiger charge is 2.04. The third-order valence-electron chi connectivity index (χ3n) is 3.94. The Morgan fingerprint density at radius 1 is 0.840 bits per heavy atom. The van der Waals surface area contributed by atoms with Gasteiger partial charge in [0.1, 0.15) is 12.4 Å². The second-order valence-corrected chi connectivity index (χ2v) is 6.03. The van der Waals surface area contributed by atoms with Gasteiger partial charge in [-0.25, -0.2) is 9.13 Å². The summed E-state index contributed by atoms with van der Waals surface area (Å²) < 4.78 is 15.5. The summed E-state index contributed by atoms with van der Waals surface area (Å²) in [7, 11) is 0. The molecule has 0 atom stereocenters. The van der Waals surface area contributed by atoms with Crippen molar-refractivity contribution in [3.05, 3.63) is 90.5 Å². The fourth-order valence-corrected chi connectivity index (χ4v) is 2.63. The second kappa shape index (κ2) is 9.77. The highest BCUT2D eigenvalue weighted by Crippen LogP contribution is 2.03. The van der Waals surface area contributed by atoms with Crippen LogP contribution in [0.5, 0.6) is 0 Å². The van der Waals surface area contributed by atoms with Crippen LogP contribution in [0, 0.1) is 0 Å². The fraction of sp³-hybridized carbons (Fsp3) is 0.286. The van der Waals surface area contributed by atoms with E-state index in [1.807, 2.05) is 52.1 Å². The van der Waals surface area contributed by atoms with E-state index in [1.165, 1.54) is 11.1 Å². The summed E-state index contributed by atoms with van der Waals surface area (Å²) in [6.07, 6.45) is 8.09. The van der Waals surface area contributed by atoms with Crippen molar-refractivity contribution in [2.75, 3.05) is 6.61 Å². The Morgan fingerprint density at radius 3 is 2.32 bits per heavy atom. The van der Waals surface area contributed by atoms with Crippen LogP contribution >= 0.6 is 0 Å². The van der Waals surface area contributed by atoms with Crippen LogP contribution in [0.1, 0.15) is 17.5 Å². The second-order valence-electron chi connectivity index (χ2n) is 6.03. The van der Waals surface area contributed by atoms with Crippen LogP contribution in [-0.2, 0) is 36.0 Å². The van der Waals surface area contributed by atoms with Crippen molar-refractivity contribution in [1.29, 1.82) is 0 Å². The van der Waals surface area contributed by atoms with Crippen molar-refractivity contribution < 1.29 is 14.0 Å². The van der Waals surface area contributed by atoms with E-state index in [9.17, 15) is 0 Å². The minimum atomic E-state index is 0.538. The van der Waals surface area contributed by atoms with Crippen molar-refractivity contribution in [3.8, 4) is 0 Å². The maximum atomic E-state index is 5.74. The lowest BCUT2D eigenvalue weighted by atomic mass is 10.1. The van der Waals surface area contributed by atoms with E-state index in [0.717, 1.165) is 19.4 Å². The summed E-state index contributed by atoms with van der Waals surface area (Å²) >= 11 is 0. The largest absolute Gasteiger partial charge is 0.342 e. The van der Waals surface area contributed by atoms with E-state index in [2.05, 4.69) is 36.4 Å². The smallest absolute Gasteiger partial charge is 0.247 e. The van der Waals surface area contributed by atoms with Crippen molar-refractivity contribution in [2.45, 2.75) is 32.9 Å². The molecule has 0 amide bonds. The van der Waals surface area contributed by atoms with Gasteiger partial charge in [0, 0.05) is 0 Å². The molecule has 2 aromatic carbocycles. The first kappa shape index (κ1) is 17.4. The molecule has 0 radical (unpaired) electrons. The molecular formula is C21H25N2O2+. The zero-order valence-electron chi connectivity index (χ0n) is 14.5. The lowest BCUT2D eigenvalue weighted by Gasteiger charge is -2.03. The molecule has 1 aromatic heterocycles. The van der Waals surface area contributed by atoms with Crippen molar-refractivity contribution in [3.63, 3.8) is 0 Å². The summed E-state index contributed by atoms with van der Waals surface area (Å²) in [5.41, 5.74) is 2.55. The highest BCUT2D eigenvalue weighted by atomic mass is 16.5. The Bertz CT molecular complexity index is 726. The molecule has 0 aliphatic rings. The predicted octanol–water partition coefficient (Wildman–Crippen LogP) is 3.56. The lowest BCUT2D eigenvalue weighted by molar-refractivity contribution is -0.733. The molecule has 3 aromatic rings. The first-order chi connectivity index (χ1) is 12.4. The molecule has 0 saturated heterocycles. The van der Waals surface area contributed by atoms with E-state index >= 15 is 0 Å². The Balaban J connectivity index is 1.30. The third-order valence-corrected chi connectivity index (χ3v) is 3.94. The normalized spacial score (nSPS) is 10.9. The highest BCUT2D eigenvalue weighted by molar-refractivity contribution is 5.14. The van der Waals surface area contributed by atoms with Gasteiger partial charge < -0.3 is 9.47 Å². The number of benzene rings is 2.